The molecule has 2 rings (SSSR count). The number of nitrogens with one attached hydrogen (secondary N) is 1. The van der Waals surface area contributed by atoms with Gasteiger partial charge in [0.1, 0.15) is 0 Å². The van der Waals surface area contributed by atoms with Crippen LogP contribution in [0.4, 0.5) is 0 Å². The van der Waals surface area contributed by atoms with Crippen LogP contribution in [0, 0.1) is 11.3 Å². The highest BCUT2D eigenvalue weighted by atomic mass is 16.5. The van der Waals surface area contributed by atoms with Gasteiger partial charge in [0.25, 0.3) is 0 Å². The lowest BCUT2D eigenvalue weighted by molar-refractivity contribution is -0.127. The number of hydrogen-bond donors (Lipinski definition) is 2. The third kappa shape index (κ3) is 2.69. The first-order valence-corrected chi connectivity index (χ1v) is 7.10. The van der Waals surface area contributed by atoms with Crippen molar-refractivity contribution in [2.24, 2.45) is 17.1 Å². The van der Waals surface area contributed by atoms with Crippen molar-refractivity contribution in [2.45, 2.75) is 64.6 Å². The van der Waals surface area contributed by atoms with Crippen LogP contribution >= 0.6 is 0 Å². The van der Waals surface area contributed by atoms with Crippen LogP contribution in [0.1, 0.15) is 46.5 Å². The van der Waals surface area contributed by atoms with Crippen molar-refractivity contribution in [3.05, 3.63) is 0 Å². The van der Waals surface area contributed by atoms with Crippen molar-refractivity contribution < 1.29 is 9.53 Å². The van der Waals surface area contributed by atoms with E-state index in [0.717, 1.165) is 25.9 Å². The SMILES string of the molecule is CCOC1CC(CC(=O)NC2CC(N)C2(C)C)C1. The summed E-state index contributed by atoms with van der Waals surface area (Å²) >= 11 is 0. The average Bonchev–Trinajstić information content (AvgIpc) is 2.26. The smallest absolute Gasteiger partial charge is 0.220 e. The topological polar surface area (TPSA) is 64.3 Å². The summed E-state index contributed by atoms with van der Waals surface area (Å²) in [5.41, 5.74) is 5.99. The minimum absolute atomic E-state index is 0.0448. The summed E-state index contributed by atoms with van der Waals surface area (Å²) in [5.74, 6) is 0.693. The van der Waals surface area contributed by atoms with Gasteiger partial charge in [-0.2, -0.15) is 0 Å². The van der Waals surface area contributed by atoms with Gasteiger partial charge in [0.05, 0.1) is 6.10 Å². The molecule has 3 N–H and O–H groups in total. The first-order valence-electron chi connectivity index (χ1n) is 7.10. The lowest BCUT2D eigenvalue weighted by Gasteiger charge is -2.50. The second kappa shape index (κ2) is 5.17. The zero-order chi connectivity index (χ0) is 13.3. The van der Waals surface area contributed by atoms with Gasteiger partial charge in [-0.15, -0.1) is 0 Å². The highest BCUT2D eigenvalue weighted by molar-refractivity contribution is 5.77. The summed E-state index contributed by atoms with van der Waals surface area (Å²) in [7, 11) is 0. The summed E-state index contributed by atoms with van der Waals surface area (Å²) in [4.78, 5) is 11.9. The van der Waals surface area contributed by atoms with Crippen LogP contribution < -0.4 is 11.1 Å². The van der Waals surface area contributed by atoms with E-state index < -0.39 is 0 Å². The number of amides is 1. The molecule has 104 valence electrons. The van der Waals surface area contributed by atoms with Gasteiger partial charge in [0, 0.05) is 30.5 Å². The van der Waals surface area contributed by atoms with Crippen LogP contribution in [-0.2, 0) is 9.53 Å². The molecule has 2 aliphatic rings. The van der Waals surface area contributed by atoms with Gasteiger partial charge in [0.15, 0.2) is 0 Å². The van der Waals surface area contributed by atoms with Crippen molar-refractivity contribution in [2.75, 3.05) is 6.61 Å². The summed E-state index contributed by atoms with van der Waals surface area (Å²) in [6.07, 6.45) is 4.02. The molecular formula is C14H26N2O2. The van der Waals surface area contributed by atoms with Gasteiger partial charge in [-0.3, -0.25) is 4.79 Å². The van der Waals surface area contributed by atoms with E-state index in [4.69, 9.17) is 10.5 Å². The molecule has 0 aromatic carbocycles. The van der Waals surface area contributed by atoms with Gasteiger partial charge >= 0.3 is 0 Å². The largest absolute Gasteiger partial charge is 0.378 e. The Kier molecular flexibility index (Phi) is 3.97. The van der Waals surface area contributed by atoms with Crippen LogP contribution in [-0.4, -0.2) is 30.7 Å². The monoisotopic (exact) mass is 254 g/mol. The van der Waals surface area contributed by atoms with Gasteiger partial charge in [-0.1, -0.05) is 13.8 Å². The lowest BCUT2D eigenvalue weighted by Crippen LogP contribution is -2.64. The van der Waals surface area contributed by atoms with Crippen molar-refractivity contribution in [3.63, 3.8) is 0 Å². The fraction of sp³-hybridized carbons (Fsp3) is 0.929. The van der Waals surface area contributed by atoms with E-state index in [9.17, 15) is 4.79 Å². The van der Waals surface area contributed by atoms with E-state index in [0.29, 0.717) is 18.4 Å². The zero-order valence-corrected chi connectivity index (χ0v) is 11.7. The average molecular weight is 254 g/mol. The summed E-state index contributed by atoms with van der Waals surface area (Å²) in [5, 5.41) is 3.12. The van der Waals surface area contributed by atoms with Gasteiger partial charge in [-0.25, -0.2) is 0 Å². The van der Waals surface area contributed by atoms with Gasteiger partial charge < -0.3 is 15.8 Å². The molecular weight excluding hydrogens is 228 g/mol. The Morgan fingerprint density at radius 1 is 1.39 bits per heavy atom. The number of carbonyl (C=O) groups is 1. The van der Waals surface area contributed by atoms with Crippen molar-refractivity contribution in [1.29, 1.82) is 0 Å². The first kappa shape index (κ1) is 13.8. The Morgan fingerprint density at radius 3 is 2.56 bits per heavy atom. The molecule has 0 bridgehead atoms. The highest BCUT2D eigenvalue weighted by Gasteiger charge is 2.46. The van der Waals surface area contributed by atoms with E-state index in [2.05, 4.69) is 19.2 Å². The Bertz CT molecular complexity index is 311. The van der Waals surface area contributed by atoms with Crippen molar-refractivity contribution in [1.82, 2.24) is 5.32 Å². The van der Waals surface area contributed by atoms with E-state index in [1.165, 1.54) is 0 Å². The molecule has 4 nitrogen and oxygen atoms in total. The molecule has 0 heterocycles. The maximum Gasteiger partial charge on any atom is 0.220 e. The molecule has 0 saturated heterocycles. The highest BCUT2D eigenvalue weighted by Crippen LogP contribution is 2.39. The number of nitrogens with two attached hydrogens (primary N) is 1. The molecule has 2 aliphatic carbocycles. The van der Waals surface area contributed by atoms with Gasteiger partial charge in [-0.05, 0) is 32.1 Å². The number of hydrogen-bond acceptors (Lipinski definition) is 3. The maximum atomic E-state index is 11.9. The third-order valence-electron chi connectivity index (χ3n) is 4.75. The van der Waals surface area contributed by atoms with E-state index >= 15 is 0 Å². The summed E-state index contributed by atoms with van der Waals surface area (Å²) in [6, 6.07) is 0.469. The second-order valence-corrected chi connectivity index (χ2v) is 6.40. The molecule has 0 spiro atoms. The van der Waals surface area contributed by atoms with Crippen LogP contribution in [0.2, 0.25) is 0 Å². The van der Waals surface area contributed by atoms with E-state index in [-0.39, 0.29) is 23.4 Å². The van der Waals surface area contributed by atoms with Crippen molar-refractivity contribution >= 4 is 5.91 Å². The molecule has 4 heteroatoms. The van der Waals surface area contributed by atoms with E-state index in [1.807, 2.05) is 6.92 Å². The summed E-state index contributed by atoms with van der Waals surface area (Å²) in [6.45, 7) is 7.04. The third-order valence-corrected chi connectivity index (χ3v) is 4.75. The summed E-state index contributed by atoms with van der Waals surface area (Å²) < 4.78 is 5.50. The standard InChI is InChI=1S/C14H26N2O2/c1-4-18-10-5-9(6-10)7-13(17)16-12-8-11(15)14(12,2)3/h9-12H,4-8,15H2,1-3H3,(H,16,17). The first-order chi connectivity index (χ1) is 8.43. The fourth-order valence-corrected chi connectivity index (χ4v) is 2.93. The van der Waals surface area contributed by atoms with Gasteiger partial charge in [0.2, 0.25) is 5.91 Å². The molecule has 0 aromatic rings. The molecule has 0 aromatic heterocycles. The molecule has 2 fully saturated rings. The molecule has 2 atom stereocenters. The Morgan fingerprint density at radius 2 is 2.06 bits per heavy atom. The second-order valence-electron chi connectivity index (χ2n) is 6.40. The Balaban J connectivity index is 1.65. The zero-order valence-electron chi connectivity index (χ0n) is 11.7. The van der Waals surface area contributed by atoms with Crippen molar-refractivity contribution in [3.8, 4) is 0 Å². The predicted molar refractivity (Wildman–Crippen MR) is 71.1 cm³/mol. The molecule has 1 amide bonds. The van der Waals surface area contributed by atoms with Crippen LogP contribution in [0.3, 0.4) is 0 Å². The predicted octanol–water partition coefficient (Wildman–Crippen LogP) is 1.43. The lowest BCUT2D eigenvalue weighted by atomic mass is 9.63. The van der Waals surface area contributed by atoms with E-state index in [1.54, 1.807) is 0 Å². The quantitative estimate of drug-likeness (QED) is 0.780. The minimum Gasteiger partial charge on any atom is -0.378 e. The van der Waals surface area contributed by atoms with Crippen LogP contribution in [0.25, 0.3) is 0 Å². The Hall–Kier alpha value is -0.610. The normalized spacial score (nSPS) is 37.6. The minimum atomic E-state index is 0.0448. The molecule has 0 aliphatic heterocycles. The number of carbonyl (C=O) groups excluding carboxylic acids is 1. The molecule has 2 unspecified atom stereocenters. The number of rotatable bonds is 5. The number of ether oxygens (including phenoxy) is 1. The molecule has 18 heavy (non-hydrogen) atoms. The Labute approximate surface area is 110 Å². The molecule has 2 saturated carbocycles. The van der Waals surface area contributed by atoms with Crippen LogP contribution in [0.5, 0.6) is 0 Å². The fourth-order valence-electron chi connectivity index (χ4n) is 2.93. The van der Waals surface area contributed by atoms with Crippen LogP contribution in [0.15, 0.2) is 0 Å². The molecule has 0 radical (unpaired) electrons. The maximum absolute atomic E-state index is 11.9.